The van der Waals surface area contributed by atoms with E-state index in [-0.39, 0.29) is 23.0 Å². The summed E-state index contributed by atoms with van der Waals surface area (Å²) in [6.45, 7) is 16.1. The molecule has 1 amide bonds. The molecule has 5 nitrogen and oxygen atoms in total. The van der Waals surface area contributed by atoms with E-state index in [1.54, 1.807) is 20.8 Å². The maximum absolute atomic E-state index is 13.5. The summed E-state index contributed by atoms with van der Waals surface area (Å²) < 4.78 is 11.6. The first kappa shape index (κ1) is 27.5. The first-order valence-electron chi connectivity index (χ1n) is 12.9. The van der Waals surface area contributed by atoms with Crippen molar-refractivity contribution in [2.24, 2.45) is 11.8 Å². The Kier molecular flexibility index (Phi) is 8.65. The van der Waals surface area contributed by atoms with Crippen LogP contribution in [0.2, 0.25) is 0 Å². The Bertz CT molecular complexity index is 1040. The lowest BCUT2D eigenvalue weighted by Crippen LogP contribution is -2.44. The third kappa shape index (κ3) is 6.99. The molecule has 5 heteroatoms. The van der Waals surface area contributed by atoms with Gasteiger partial charge in [-0.2, -0.15) is 0 Å². The molecule has 0 unspecified atom stereocenters. The molecule has 0 heterocycles. The largest absolute Gasteiger partial charge is 0.459 e. The minimum absolute atomic E-state index is 0.165. The van der Waals surface area contributed by atoms with E-state index in [0.717, 1.165) is 24.8 Å². The maximum Gasteiger partial charge on any atom is 0.408 e. The number of carbonyl (C=O) groups excluding carboxylic acids is 2. The van der Waals surface area contributed by atoms with Gasteiger partial charge in [0.2, 0.25) is 0 Å². The summed E-state index contributed by atoms with van der Waals surface area (Å²) in [4.78, 5) is 26.1. The zero-order valence-corrected chi connectivity index (χ0v) is 22.5. The monoisotopic (exact) mass is 491 g/mol. The summed E-state index contributed by atoms with van der Waals surface area (Å²) in [5, 5.41) is 2.82. The zero-order valence-electron chi connectivity index (χ0n) is 22.5. The van der Waals surface area contributed by atoms with Crippen molar-refractivity contribution in [3.63, 3.8) is 0 Å². The van der Waals surface area contributed by atoms with E-state index in [2.05, 4.69) is 56.9 Å². The average Bonchev–Trinajstić information content (AvgIpc) is 2.82. The number of amides is 1. The number of hydrogen-bond donors (Lipinski definition) is 1. The normalized spacial score (nSPS) is 21.2. The van der Waals surface area contributed by atoms with Crippen molar-refractivity contribution in [2.45, 2.75) is 84.0 Å². The van der Waals surface area contributed by atoms with E-state index in [4.69, 9.17) is 9.47 Å². The first-order valence-corrected chi connectivity index (χ1v) is 12.9. The Balaban J connectivity index is 1.82. The fraction of sp³-hybridized carbons (Fsp3) is 0.484. The van der Waals surface area contributed by atoms with Crippen LogP contribution >= 0.6 is 0 Å². The van der Waals surface area contributed by atoms with E-state index < -0.39 is 23.7 Å². The third-order valence-corrected chi connectivity index (χ3v) is 7.16. The van der Waals surface area contributed by atoms with Gasteiger partial charge in [-0.05, 0) is 56.1 Å². The molecule has 3 rings (SSSR count). The summed E-state index contributed by atoms with van der Waals surface area (Å²) in [5.74, 6) is 0.137. The van der Waals surface area contributed by atoms with Crippen LogP contribution in [0.15, 0.2) is 72.8 Å². The molecule has 2 aromatic carbocycles. The van der Waals surface area contributed by atoms with E-state index >= 15 is 0 Å². The highest BCUT2D eigenvalue weighted by Crippen LogP contribution is 2.44. The van der Waals surface area contributed by atoms with Crippen LogP contribution < -0.4 is 5.32 Å². The molecule has 0 bridgehead atoms. The molecule has 0 radical (unpaired) electrons. The van der Waals surface area contributed by atoms with Gasteiger partial charge < -0.3 is 14.8 Å². The van der Waals surface area contributed by atoms with Crippen LogP contribution in [-0.2, 0) is 19.7 Å². The molecule has 1 fully saturated rings. The summed E-state index contributed by atoms with van der Waals surface area (Å²) in [7, 11) is 0. The summed E-state index contributed by atoms with van der Waals surface area (Å²) >= 11 is 0. The summed E-state index contributed by atoms with van der Waals surface area (Å²) in [6.07, 6.45) is 2.02. The van der Waals surface area contributed by atoms with Crippen LogP contribution in [0.5, 0.6) is 0 Å². The topological polar surface area (TPSA) is 64.6 Å². The van der Waals surface area contributed by atoms with Crippen molar-refractivity contribution in [1.82, 2.24) is 5.32 Å². The Morgan fingerprint density at radius 3 is 2.11 bits per heavy atom. The fourth-order valence-electron chi connectivity index (χ4n) is 5.14. The van der Waals surface area contributed by atoms with Crippen molar-refractivity contribution in [3.05, 3.63) is 83.9 Å². The SMILES string of the molecule is C=C(C(=O)O[C@@H]1C[C@H](C)CC[C@H]1C(C)(C)c1ccccc1)[C@@H](NC(=O)OC(C)(C)C)c1ccccc1. The molecular formula is C31H41NO4. The van der Waals surface area contributed by atoms with Crippen LogP contribution in [0.3, 0.4) is 0 Å². The van der Waals surface area contributed by atoms with Crippen molar-refractivity contribution in [1.29, 1.82) is 0 Å². The molecule has 0 aromatic heterocycles. The predicted molar refractivity (Wildman–Crippen MR) is 144 cm³/mol. The number of carbonyl (C=O) groups is 2. The van der Waals surface area contributed by atoms with Gasteiger partial charge in [0.25, 0.3) is 0 Å². The van der Waals surface area contributed by atoms with Gasteiger partial charge in [0, 0.05) is 5.92 Å². The molecule has 2 aromatic rings. The molecule has 0 aliphatic heterocycles. The average molecular weight is 492 g/mol. The minimum atomic E-state index is -0.754. The van der Waals surface area contributed by atoms with Gasteiger partial charge in [0.05, 0.1) is 11.6 Å². The summed E-state index contributed by atoms with van der Waals surface area (Å²) in [6, 6.07) is 19.0. The molecule has 0 spiro atoms. The molecule has 194 valence electrons. The number of alkyl carbamates (subject to hydrolysis) is 1. The first-order chi connectivity index (χ1) is 16.9. The number of rotatable bonds is 7. The smallest absolute Gasteiger partial charge is 0.408 e. The van der Waals surface area contributed by atoms with E-state index in [0.29, 0.717) is 5.92 Å². The minimum Gasteiger partial charge on any atom is -0.459 e. The molecule has 0 saturated heterocycles. The highest BCUT2D eigenvalue weighted by Gasteiger charge is 2.42. The van der Waals surface area contributed by atoms with E-state index in [1.165, 1.54) is 5.56 Å². The standard InChI is InChI=1S/C31H41NO4/c1-21-18-19-25(31(6,7)24-16-12-9-13-17-24)26(20-21)35-28(33)22(2)27(23-14-10-8-11-15-23)32-29(34)36-30(3,4)5/h8-17,21,25-27H,2,18-20H2,1,3-7H3,(H,32,34)/t21-,25-,26-,27-/m1/s1. The number of hydrogen-bond acceptors (Lipinski definition) is 4. The van der Waals surface area contributed by atoms with Gasteiger partial charge >= 0.3 is 12.1 Å². The molecule has 1 saturated carbocycles. The Labute approximate surface area is 216 Å². The Hall–Kier alpha value is -3.08. The third-order valence-electron chi connectivity index (χ3n) is 7.16. The number of esters is 1. The van der Waals surface area contributed by atoms with Gasteiger partial charge in [-0.3, -0.25) is 0 Å². The second-order valence-electron chi connectivity index (χ2n) is 11.6. The molecular weight excluding hydrogens is 450 g/mol. The van der Waals surface area contributed by atoms with E-state index in [1.807, 2.05) is 36.4 Å². The van der Waals surface area contributed by atoms with Crippen LogP contribution in [0.25, 0.3) is 0 Å². The summed E-state index contributed by atoms with van der Waals surface area (Å²) in [5.41, 5.74) is 1.33. The van der Waals surface area contributed by atoms with Crippen molar-refractivity contribution in [3.8, 4) is 0 Å². The van der Waals surface area contributed by atoms with E-state index in [9.17, 15) is 9.59 Å². The Morgan fingerprint density at radius 1 is 0.944 bits per heavy atom. The molecule has 1 N–H and O–H groups in total. The van der Waals surface area contributed by atoms with Gasteiger partial charge in [-0.25, -0.2) is 9.59 Å². The quantitative estimate of drug-likeness (QED) is 0.330. The molecule has 1 aliphatic carbocycles. The zero-order chi connectivity index (χ0) is 26.5. The van der Waals surface area contributed by atoms with Crippen molar-refractivity contribution >= 4 is 12.1 Å². The lowest BCUT2D eigenvalue weighted by Gasteiger charge is -2.44. The van der Waals surface area contributed by atoms with Crippen LogP contribution in [0.4, 0.5) is 4.79 Å². The predicted octanol–water partition coefficient (Wildman–Crippen LogP) is 7.13. The number of benzene rings is 2. The van der Waals surface area contributed by atoms with Crippen LogP contribution in [0, 0.1) is 11.8 Å². The van der Waals surface area contributed by atoms with Crippen LogP contribution in [-0.4, -0.2) is 23.8 Å². The number of nitrogens with one attached hydrogen (secondary N) is 1. The van der Waals surface area contributed by atoms with Gasteiger partial charge in [-0.15, -0.1) is 0 Å². The van der Waals surface area contributed by atoms with Gasteiger partial charge in [-0.1, -0.05) is 94.4 Å². The molecule has 4 atom stereocenters. The second-order valence-corrected chi connectivity index (χ2v) is 11.6. The lowest BCUT2D eigenvalue weighted by molar-refractivity contribution is -0.152. The van der Waals surface area contributed by atoms with Crippen molar-refractivity contribution in [2.75, 3.05) is 0 Å². The van der Waals surface area contributed by atoms with Gasteiger partial charge in [0.1, 0.15) is 11.7 Å². The highest BCUT2D eigenvalue weighted by atomic mass is 16.6. The molecule has 1 aliphatic rings. The molecule has 36 heavy (non-hydrogen) atoms. The fourth-order valence-corrected chi connectivity index (χ4v) is 5.14. The highest BCUT2D eigenvalue weighted by molar-refractivity contribution is 5.90. The maximum atomic E-state index is 13.5. The lowest BCUT2D eigenvalue weighted by atomic mass is 9.64. The Morgan fingerprint density at radius 2 is 1.53 bits per heavy atom. The van der Waals surface area contributed by atoms with Gasteiger partial charge in [0.15, 0.2) is 0 Å². The second kappa shape index (κ2) is 11.3. The van der Waals surface area contributed by atoms with Crippen molar-refractivity contribution < 1.29 is 19.1 Å². The van der Waals surface area contributed by atoms with Crippen LogP contribution in [0.1, 0.15) is 78.0 Å². The number of ether oxygens (including phenoxy) is 2.